The zero-order chi connectivity index (χ0) is 32.1. The molecule has 4 N–H and O–H groups in total. The summed E-state index contributed by atoms with van der Waals surface area (Å²) in [6, 6.07) is 10.0. The molecule has 2 aliphatic rings. The van der Waals surface area contributed by atoms with Crippen LogP contribution in [0, 0.1) is 5.92 Å². The van der Waals surface area contributed by atoms with E-state index in [2.05, 4.69) is 30.6 Å². The van der Waals surface area contributed by atoms with E-state index in [1.165, 1.54) is 6.07 Å². The minimum absolute atomic E-state index is 0.0862. The average Bonchev–Trinajstić information content (AvgIpc) is 3.32. The number of rotatable bonds is 9. The SMILES string of the molecule is CC(C)OC(=O)NC1CCC(C2SC(c3ccc(NC(=O)NCc4ccccn4)cc3S(=O)(=O)NC(C)(C)C)=CN2C)CC1. The maximum Gasteiger partial charge on any atom is 0.407 e. The minimum Gasteiger partial charge on any atom is -0.447 e. The van der Waals surface area contributed by atoms with Crippen molar-refractivity contribution >= 4 is 44.5 Å². The number of nitrogens with zero attached hydrogens (tertiary/aromatic N) is 2. The summed E-state index contributed by atoms with van der Waals surface area (Å²) in [4.78, 5) is 32.0. The summed E-state index contributed by atoms with van der Waals surface area (Å²) in [6.45, 7) is 9.26. The molecule has 1 atom stereocenters. The third kappa shape index (κ3) is 9.35. The Morgan fingerprint density at radius 1 is 1.11 bits per heavy atom. The Balaban J connectivity index is 1.48. The number of carbonyl (C=O) groups is 2. The average molecular weight is 645 g/mol. The molecule has 13 heteroatoms. The number of hydrogen-bond acceptors (Lipinski definition) is 8. The molecule has 1 saturated carbocycles. The number of thioether (sulfide) groups is 1. The number of pyridine rings is 1. The smallest absolute Gasteiger partial charge is 0.407 e. The van der Waals surface area contributed by atoms with Gasteiger partial charge in [0.1, 0.15) is 0 Å². The molecule has 1 unspecified atom stereocenters. The lowest BCUT2D eigenvalue weighted by molar-refractivity contribution is 0.108. The Bertz CT molecular complexity index is 1450. The summed E-state index contributed by atoms with van der Waals surface area (Å²) in [5.41, 5.74) is 0.937. The lowest BCUT2D eigenvalue weighted by Crippen LogP contribution is -2.41. The first-order valence-electron chi connectivity index (χ1n) is 14.9. The van der Waals surface area contributed by atoms with Crippen molar-refractivity contribution in [2.45, 2.75) is 94.8 Å². The van der Waals surface area contributed by atoms with Gasteiger partial charge in [-0.05, 0) is 90.5 Å². The summed E-state index contributed by atoms with van der Waals surface area (Å²) >= 11 is 1.65. The highest BCUT2D eigenvalue weighted by Crippen LogP contribution is 2.47. The summed E-state index contributed by atoms with van der Waals surface area (Å²) < 4.78 is 35.4. The third-order valence-electron chi connectivity index (χ3n) is 7.20. The minimum atomic E-state index is -3.94. The standard InChI is InChI=1S/C31H44N6O5S2/c1-20(2)42-30(39)35-22-12-10-21(11-13-22)28-37(6)19-26(43-28)25-15-14-23(17-27(25)44(40,41)36-31(3,4)5)34-29(38)33-18-24-9-7-8-16-32-24/h7-9,14-17,19-22,28,36H,10-13,18H2,1-6H3,(H,35,39)(H2,33,34,38). The number of nitrogens with one attached hydrogen (secondary N) is 4. The van der Waals surface area contributed by atoms with Gasteiger partial charge in [0.2, 0.25) is 10.0 Å². The first kappa shape index (κ1) is 33.6. The molecule has 0 saturated heterocycles. The second-order valence-electron chi connectivity index (χ2n) is 12.6. The van der Waals surface area contributed by atoms with Gasteiger partial charge < -0.3 is 25.6 Å². The molecule has 0 radical (unpaired) electrons. The second kappa shape index (κ2) is 14.2. The van der Waals surface area contributed by atoms with E-state index in [0.29, 0.717) is 22.9 Å². The van der Waals surface area contributed by atoms with Crippen LogP contribution in [0.3, 0.4) is 0 Å². The van der Waals surface area contributed by atoms with Gasteiger partial charge in [-0.15, -0.1) is 0 Å². The first-order valence-corrected chi connectivity index (χ1v) is 17.3. The molecule has 2 aromatic rings. The number of aromatic nitrogens is 1. The van der Waals surface area contributed by atoms with E-state index in [1.807, 2.05) is 39.2 Å². The van der Waals surface area contributed by atoms with Gasteiger partial charge in [-0.2, -0.15) is 0 Å². The van der Waals surface area contributed by atoms with Crippen molar-refractivity contribution < 1.29 is 22.7 Å². The Morgan fingerprint density at radius 2 is 1.84 bits per heavy atom. The van der Waals surface area contributed by atoms with Crippen LogP contribution >= 0.6 is 11.8 Å². The normalized spacial score (nSPS) is 20.7. The summed E-state index contributed by atoms with van der Waals surface area (Å²) in [5.74, 6) is 0.370. The van der Waals surface area contributed by atoms with Crippen LogP contribution in [0.5, 0.6) is 0 Å². The van der Waals surface area contributed by atoms with Crippen molar-refractivity contribution in [3.05, 3.63) is 60.1 Å². The monoisotopic (exact) mass is 644 g/mol. The van der Waals surface area contributed by atoms with Gasteiger partial charge in [-0.3, -0.25) is 4.98 Å². The van der Waals surface area contributed by atoms with Crippen LogP contribution in [0.15, 0.2) is 53.7 Å². The van der Waals surface area contributed by atoms with Gasteiger partial charge in [-0.25, -0.2) is 22.7 Å². The Labute approximate surface area is 265 Å². The molecule has 1 aromatic carbocycles. The van der Waals surface area contributed by atoms with Gasteiger partial charge in [0.25, 0.3) is 0 Å². The zero-order valence-electron chi connectivity index (χ0n) is 26.2. The topological polar surface area (TPSA) is 142 Å². The van der Waals surface area contributed by atoms with E-state index < -0.39 is 21.6 Å². The molecule has 4 rings (SSSR count). The summed E-state index contributed by atoms with van der Waals surface area (Å²) in [6.07, 6.45) is 6.70. The molecule has 1 aliphatic heterocycles. The zero-order valence-corrected chi connectivity index (χ0v) is 27.8. The Kier molecular flexibility index (Phi) is 10.9. The number of hydrogen-bond donors (Lipinski definition) is 4. The first-order chi connectivity index (χ1) is 20.7. The van der Waals surface area contributed by atoms with E-state index in [1.54, 1.807) is 56.9 Å². The molecule has 1 fully saturated rings. The van der Waals surface area contributed by atoms with Crippen molar-refractivity contribution in [3.63, 3.8) is 0 Å². The van der Waals surface area contributed by atoms with Crippen LogP contribution in [-0.2, 0) is 21.3 Å². The fourth-order valence-corrected chi connectivity index (χ4v) is 8.57. The molecule has 44 heavy (non-hydrogen) atoms. The van der Waals surface area contributed by atoms with Crippen molar-refractivity contribution in [1.29, 1.82) is 0 Å². The van der Waals surface area contributed by atoms with E-state index in [-0.39, 0.29) is 35.1 Å². The number of carbonyl (C=O) groups excluding carboxylic acids is 2. The number of urea groups is 1. The van der Waals surface area contributed by atoms with Crippen LogP contribution < -0.4 is 20.7 Å². The summed E-state index contributed by atoms with van der Waals surface area (Å²) in [5, 5.41) is 8.62. The fourth-order valence-electron chi connectivity index (χ4n) is 5.36. The second-order valence-corrected chi connectivity index (χ2v) is 15.4. The fraction of sp³-hybridized carbons (Fsp3) is 0.516. The molecule has 1 aromatic heterocycles. The highest BCUT2D eigenvalue weighted by atomic mass is 32.2. The predicted molar refractivity (Wildman–Crippen MR) is 174 cm³/mol. The van der Waals surface area contributed by atoms with Crippen molar-refractivity contribution in [2.75, 3.05) is 12.4 Å². The quantitative estimate of drug-likeness (QED) is 0.281. The molecule has 2 heterocycles. The van der Waals surface area contributed by atoms with E-state index in [9.17, 15) is 18.0 Å². The maximum absolute atomic E-state index is 13.7. The van der Waals surface area contributed by atoms with E-state index in [0.717, 1.165) is 30.6 Å². The van der Waals surface area contributed by atoms with Crippen LogP contribution in [0.25, 0.3) is 4.91 Å². The molecule has 11 nitrogen and oxygen atoms in total. The highest BCUT2D eigenvalue weighted by Gasteiger charge is 2.36. The maximum atomic E-state index is 13.7. The molecule has 3 amide bonds. The van der Waals surface area contributed by atoms with Crippen molar-refractivity contribution in [1.82, 2.24) is 25.2 Å². The molecular formula is C31H44N6O5S2. The van der Waals surface area contributed by atoms with Crippen LogP contribution in [0.2, 0.25) is 0 Å². The molecule has 1 aliphatic carbocycles. The van der Waals surface area contributed by atoms with Crippen molar-refractivity contribution in [2.24, 2.45) is 5.92 Å². The number of sulfonamides is 1. The molecule has 0 spiro atoms. The van der Waals surface area contributed by atoms with Gasteiger partial charge in [-0.1, -0.05) is 23.9 Å². The third-order valence-corrected chi connectivity index (χ3v) is 10.5. The van der Waals surface area contributed by atoms with Crippen LogP contribution in [-0.4, -0.2) is 60.5 Å². The van der Waals surface area contributed by atoms with E-state index in [4.69, 9.17) is 4.74 Å². The number of benzene rings is 1. The van der Waals surface area contributed by atoms with Crippen LogP contribution in [0.1, 0.15) is 71.6 Å². The Hall–Kier alpha value is -3.29. The molecule has 0 bridgehead atoms. The van der Waals surface area contributed by atoms with Gasteiger partial charge in [0, 0.05) is 47.2 Å². The van der Waals surface area contributed by atoms with Crippen LogP contribution in [0.4, 0.5) is 15.3 Å². The molecular weight excluding hydrogens is 601 g/mol. The Morgan fingerprint density at radius 3 is 2.48 bits per heavy atom. The number of ether oxygens (including phenoxy) is 1. The van der Waals surface area contributed by atoms with Crippen molar-refractivity contribution in [3.8, 4) is 0 Å². The van der Waals surface area contributed by atoms with Gasteiger partial charge in [0.05, 0.1) is 28.6 Å². The summed E-state index contributed by atoms with van der Waals surface area (Å²) in [7, 11) is -1.93. The number of amides is 3. The highest BCUT2D eigenvalue weighted by molar-refractivity contribution is 8.09. The van der Waals surface area contributed by atoms with Gasteiger partial charge in [0.15, 0.2) is 0 Å². The number of alkyl carbamates (subject to hydrolysis) is 1. The van der Waals surface area contributed by atoms with E-state index >= 15 is 0 Å². The molecule has 240 valence electrons. The largest absolute Gasteiger partial charge is 0.447 e. The van der Waals surface area contributed by atoms with Gasteiger partial charge >= 0.3 is 12.1 Å². The lowest BCUT2D eigenvalue weighted by Gasteiger charge is -2.35. The lowest BCUT2D eigenvalue weighted by atomic mass is 9.85. The number of anilines is 1. The predicted octanol–water partition coefficient (Wildman–Crippen LogP) is 5.48.